The van der Waals surface area contributed by atoms with Gasteiger partial charge in [0, 0.05) is 11.3 Å². The molecule has 0 spiro atoms. The Morgan fingerprint density at radius 3 is 2.84 bits per heavy atom. The lowest BCUT2D eigenvalue weighted by Gasteiger charge is -2.02. The lowest BCUT2D eigenvalue weighted by Crippen LogP contribution is -2.13. The first-order valence-electron chi connectivity index (χ1n) is 7.98. The molecule has 8 heteroatoms. The van der Waals surface area contributed by atoms with E-state index in [0.29, 0.717) is 22.1 Å². The van der Waals surface area contributed by atoms with Crippen LogP contribution in [0.15, 0.2) is 39.2 Å². The highest BCUT2D eigenvalue weighted by Crippen LogP contribution is 2.29. The first-order chi connectivity index (χ1) is 12.2. The largest absolute Gasteiger partial charge is 0.355 e. The number of aryl methyl sites for hydroxylation is 1. The molecule has 130 valence electrons. The fourth-order valence-electron chi connectivity index (χ4n) is 2.21. The Hall–Kier alpha value is -2.19. The molecule has 0 fully saturated rings. The Morgan fingerprint density at radius 1 is 1.28 bits per heavy atom. The van der Waals surface area contributed by atoms with E-state index in [9.17, 15) is 4.79 Å². The van der Waals surface area contributed by atoms with Gasteiger partial charge in [0.05, 0.1) is 5.69 Å². The molecule has 1 N–H and O–H groups in total. The molecule has 0 aliphatic rings. The summed E-state index contributed by atoms with van der Waals surface area (Å²) < 4.78 is 6.22. The van der Waals surface area contributed by atoms with Gasteiger partial charge in [-0.1, -0.05) is 71.9 Å². The molecule has 0 atom stereocenters. The number of nitrogens with one attached hydrogen (secondary N) is 1. The van der Waals surface area contributed by atoms with Crippen LogP contribution in [0.4, 0.5) is 5.13 Å². The van der Waals surface area contributed by atoms with Crippen LogP contribution in [-0.2, 0) is 0 Å². The molecule has 2 heterocycles. The van der Waals surface area contributed by atoms with E-state index < -0.39 is 0 Å². The van der Waals surface area contributed by atoms with Crippen molar-refractivity contribution in [3.05, 3.63) is 41.6 Å². The van der Waals surface area contributed by atoms with Gasteiger partial charge in [-0.2, -0.15) is 0 Å². The zero-order valence-corrected chi connectivity index (χ0v) is 15.6. The number of carbonyl (C=O) groups is 1. The molecule has 25 heavy (non-hydrogen) atoms. The lowest BCUT2D eigenvalue weighted by atomic mass is 10.1. The van der Waals surface area contributed by atoms with Crippen molar-refractivity contribution in [1.29, 1.82) is 0 Å². The zero-order chi connectivity index (χ0) is 17.6. The van der Waals surface area contributed by atoms with Crippen molar-refractivity contribution in [1.82, 2.24) is 15.4 Å². The Bertz CT molecular complexity index is 845. The highest BCUT2D eigenvalue weighted by atomic mass is 32.2. The van der Waals surface area contributed by atoms with E-state index in [1.165, 1.54) is 11.3 Å². The second-order valence-corrected chi connectivity index (χ2v) is 7.69. The van der Waals surface area contributed by atoms with Gasteiger partial charge in [-0.15, -0.1) is 10.2 Å². The number of anilines is 1. The third-order valence-electron chi connectivity index (χ3n) is 3.48. The molecule has 3 aromatic rings. The molecule has 6 nitrogen and oxygen atoms in total. The van der Waals surface area contributed by atoms with Gasteiger partial charge in [0.15, 0.2) is 10.1 Å². The van der Waals surface area contributed by atoms with Gasteiger partial charge >= 0.3 is 0 Å². The van der Waals surface area contributed by atoms with Gasteiger partial charge in [0.25, 0.3) is 5.91 Å². The molecular weight excluding hydrogens is 356 g/mol. The van der Waals surface area contributed by atoms with Gasteiger partial charge in [-0.05, 0) is 13.3 Å². The van der Waals surface area contributed by atoms with Crippen LogP contribution in [0.1, 0.15) is 35.8 Å². The van der Waals surface area contributed by atoms with Crippen molar-refractivity contribution in [3.63, 3.8) is 0 Å². The number of amides is 1. The molecule has 1 amide bonds. The van der Waals surface area contributed by atoms with Crippen LogP contribution in [0.2, 0.25) is 0 Å². The number of hydrogen-bond acceptors (Lipinski definition) is 7. The molecule has 0 bridgehead atoms. The Labute approximate surface area is 154 Å². The maximum atomic E-state index is 12.7. The van der Waals surface area contributed by atoms with Crippen molar-refractivity contribution in [3.8, 4) is 11.3 Å². The summed E-state index contributed by atoms with van der Waals surface area (Å²) in [7, 11) is 0. The summed E-state index contributed by atoms with van der Waals surface area (Å²) in [5.74, 6) is 1.17. The van der Waals surface area contributed by atoms with Gasteiger partial charge < -0.3 is 4.52 Å². The van der Waals surface area contributed by atoms with Crippen LogP contribution in [0, 0.1) is 6.92 Å². The molecule has 0 unspecified atom stereocenters. The van der Waals surface area contributed by atoms with Crippen LogP contribution in [0.25, 0.3) is 11.3 Å². The van der Waals surface area contributed by atoms with Gasteiger partial charge in [-0.3, -0.25) is 10.1 Å². The second kappa shape index (κ2) is 8.26. The van der Waals surface area contributed by atoms with Crippen LogP contribution >= 0.6 is 23.1 Å². The number of thioether (sulfide) groups is 1. The van der Waals surface area contributed by atoms with E-state index in [-0.39, 0.29) is 5.91 Å². The summed E-state index contributed by atoms with van der Waals surface area (Å²) in [5, 5.41) is 15.4. The number of hydrogen-bond donors (Lipinski definition) is 1. The molecule has 3 rings (SSSR count). The maximum Gasteiger partial charge on any atom is 0.263 e. The molecule has 0 aliphatic carbocycles. The maximum absolute atomic E-state index is 12.7. The predicted octanol–water partition coefficient (Wildman–Crippen LogP) is 4.65. The van der Waals surface area contributed by atoms with E-state index in [1.54, 1.807) is 18.7 Å². The monoisotopic (exact) mass is 374 g/mol. The normalized spacial score (nSPS) is 10.8. The summed E-state index contributed by atoms with van der Waals surface area (Å²) in [5.41, 5.74) is 1.77. The highest BCUT2D eigenvalue weighted by Gasteiger charge is 2.22. The molecular formula is C17H18N4O2S2. The minimum absolute atomic E-state index is 0.293. The SMILES string of the molecule is CCCCSc1nnc(NC(=O)c2c(C)noc2-c2ccccc2)s1. The first kappa shape index (κ1) is 17.6. The summed E-state index contributed by atoms with van der Waals surface area (Å²) in [6, 6.07) is 9.44. The van der Waals surface area contributed by atoms with Gasteiger partial charge in [0.1, 0.15) is 5.56 Å². The molecule has 1 aromatic carbocycles. The highest BCUT2D eigenvalue weighted by molar-refractivity contribution is 8.01. The quantitative estimate of drug-likeness (QED) is 0.368. The number of nitrogens with zero attached hydrogens (tertiary/aromatic N) is 3. The lowest BCUT2D eigenvalue weighted by molar-refractivity contribution is 0.102. The van der Waals surface area contributed by atoms with E-state index in [1.807, 2.05) is 30.3 Å². The van der Waals surface area contributed by atoms with Crippen molar-refractivity contribution >= 4 is 34.1 Å². The van der Waals surface area contributed by atoms with Crippen molar-refractivity contribution < 1.29 is 9.32 Å². The zero-order valence-electron chi connectivity index (χ0n) is 14.0. The minimum Gasteiger partial charge on any atom is -0.355 e. The Kier molecular flexibility index (Phi) is 5.83. The predicted molar refractivity (Wildman–Crippen MR) is 100 cm³/mol. The van der Waals surface area contributed by atoms with Crippen molar-refractivity contribution in [2.24, 2.45) is 0 Å². The standard InChI is InChI=1S/C17H18N4O2S2/c1-3-4-10-24-17-20-19-16(25-17)18-15(22)13-11(2)21-23-14(13)12-8-6-5-7-9-12/h5-9H,3-4,10H2,1-2H3,(H,18,19,22). The molecule has 0 saturated heterocycles. The average Bonchev–Trinajstić information content (AvgIpc) is 3.22. The fourth-order valence-corrected chi connectivity index (χ4v) is 4.11. The summed E-state index contributed by atoms with van der Waals surface area (Å²) >= 11 is 3.03. The van der Waals surface area contributed by atoms with Crippen LogP contribution in [0.5, 0.6) is 0 Å². The summed E-state index contributed by atoms with van der Waals surface area (Å²) in [6.45, 7) is 3.90. The Morgan fingerprint density at radius 2 is 2.08 bits per heavy atom. The fraction of sp³-hybridized carbons (Fsp3) is 0.294. The molecule has 0 aliphatic heterocycles. The van der Waals surface area contributed by atoms with Crippen molar-refractivity contribution in [2.75, 3.05) is 11.1 Å². The third-order valence-corrected chi connectivity index (χ3v) is 5.53. The third kappa shape index (κ3) is 4.26. The summed E-state index contributed by atoms with van der Waals surface area (Å²) in [4.78, 5) is 12.7. The minimum atomic E-state index is -0.293. The van der Waals surface area contributed by atoms with Crippen LogP contribution in [0.3, 0.4) is 0 Å². The topological polar surface area (TPSA) is 80.9 Å². The summed E-state index contributed by atoms with van der Waals surface area (Å²) in [6.07, 6.45) is 2.27. The smallest absolute Gasteiger partial charge is 0.263 e. The average molecular weight is 374 g/mol. The number of rotatable bonds is 7. The Balaban J connectivity index is 1.75. The number of unbranched alkanes of at least 4 members (excludes halogenated alkanes) is 1. The number of carbonyl (C=O) groups excluding carboxylic acids is 1. The van der Waals surface area contributed by atoms with E-state index >= 15 is 0 Å². The number of benzene rings is 1. The second-order valence-electron chi connectivity index (χ2n) is 5.37. The van der Waals surface area contributed by atoms with Crippen LogP contribution < -0.4 is 5.32 Å². The van der Waals surface area contributed by atoms with Crippen molar-refractivity contribution in [2.45, 2.75) is 31.0 Å². The van der Waals surface area contributed by atoms with Crippen LogP contribution in [-0.4, -0.2) is 27.0 Å². The first-order valence-corrected chi connectivity index (χ1v) is 9.78. The molecule has 0 radical (unpaired) electrons. The number of aromatic nitrogens is 3. The van der Waals surface area contributed by atoms with Gasteiger partial charge in [-0.25, -0.2) is 0 Å². The van der Waals surface area contributed by atoms with E-state index in [0.717, 1.165) is 28.5 Å². The van der Waals surface area contributed by atoms with E-state index in [2.05, 4.69) is 27.6 Å². The molecule has 2 aromatic heterocycles. The van der Waals surface area contributed by atoms with E-state index in [4.69, 9.17) is 4.52 Å². The van der Waals surface area contributed by atoms with Gasteiger partial charge in [0.2, 0.25) is 5.13 Å². The molecule has 0 saturated carbocycles.